The van der Waals surface area contributed by atoms with Crippen molar-refractivity contribution in [1.29, 1.82) is 0 Å². The number of thiocarbonyl (C=S) groups is 1. The fourth-order valence-corrected chi connectivity index (χ4v) is 5.99. The summed E-state index contributed by atoms with van der Waals surface area (Å²) in [6.07, 6.45) is 5.33. The molecule has 168 valence electrons. The van der Waals surface area contributed by atoms with Crippen molar-refractivity contribution < 1.29 is 9.53 Å². The molecule has 2 aromatic heterocycles. The Morgan fingerprint density at radius 2 is 2.06 bits per heavy atom. The fraction of sp³-hybridized carbons (Fsp3) is 0.250. The average molecular weight is 496 g/mol. The summed E-state index contributed by atoms with van der Waals surface area (Å²) in [5.74, 6) is -0.190. The second kappa shape index (κ2) is 9.42. The van der Waals surface area contributed by atoms with Crippen molar-refractivity contribution in [3.8, 4) is 0 Å². The number of nitrogens with zero attached hydrogens (tertiary/aromatic N) is 3. The van der Waals surface area contributed by atoms with Crippen LogP contribution in [-0.4, -0.2) is 43.8 Å². The summed E-state index contributed by atoms with van der Waals surface area (Å²) in [7, 11) is 0. The maximum atomic E-state index is 13.5. The van der Waals surface area contributed by atoms with E-state index >= 15 is 0 Å². The molecule has 2 aliphatic rings. The molecule has 2 saturated heterocycles. The topological polar surface area (TPSA) is 63.9 Å². The van der Waals surface area contributed by atoms with E-state index in [1.165, 1.54) is 27.9 Å². The largest absolute Gasteiger partial charge is 0.376 e. The van der Waals surface area contributed by atoms with Crippen molar-refractivity contribution in [2.24, 2.45) is 0 Å². The third-order valence-electron chi connectivity index (χ3n) is 5.49. The number of benzene rings is 1. The molecule has 2 aliphatic heterocycles. The van der Waals surface area contributed by atoms with Crippen LogP contribution in [0, 0.1) is 6.92 Å². The van der Waals surface area contributed by atoms with Gasteiger partial charge in [0, 0.05) is 17.7 Å². The number of ether oxygens (including phenoxy) is 1. The third-order valence-corrected chi connectivity index (χ3v) is 7.88. The van der Waals surface area contributed by atoms with Gasteiger partial charge in [-0.15, -0.1) is 0 Å². The van der Waals surface area contributed by atoms with E-state index in [0.29, 0.717) is 38.6 Å². The quantitative estimate of drug-likeness (QED) is 0.293. The van der Waals surface area contributed by atoms with Crippen molar-refractivity contribution >= 4 is 57.7 Å². The van der Waals surface area contributed by atoms with Gasteiger partial charge in [0.1, 0.15) is 15.0 Å². The predicted molar refractivity (Wildman–Crippen MR) is 136 cm³/mol. The van der Waals surface area contributed by atoms with Gasteiger partial charge in [0.15, 0.2) is 0 Å². The van der Waals surface area contributed by atoms with Gasteiger partial charge in [-0.05, 0) is 49.6 Å². The molecule has 6 nitrogen and oxygen atoms in total. The van der Waals surface area contributed by atoms with Gasteiger partial charge in [-0.1, -0.05) is 60.0 Å². The molecule has 0 aliphatic carbocycles. The molecule has 2 fully saturated rings. The minimum atomic E-state index is -0.216. The lowest BCUT2D eigenvalue weighted by molar-refractivity contribution is -0.123. The van der Waals surface area contributed by atoms with E-state index in [1.54, 1.807) is 17.2 Å². The lowest BCUT2D eigenvalue weighted by atomic mass is 10.2. The van der Waals surface area contributed by atoms with Crippen LogP contribution in [0.3, 0.4) is 0 Å². The summed E-state index contributed by atoms with van der Waals surface area (Å²) in [5, 5.41) is 0.555. The van der Waals surface area contributed by atoms with Crippen LogP contribution in [0.15, 0.2) is 68.3 Å². The monoisotopic (exact) mass is 495 g/mol. The van der Waals surface area contributed by atoms with Crippen molar-refractivity contribution in [2.75, 3.05) is 13.2 Å². The highest BCUT2D eigenvalue weighted by molar-refractivity contribution is 8.26. The molecular formula is C24H21N3O3S3. The molecule has 9 heteroatoms. The molecule has 5 rings (SSSR count). The molecule has 0 saturated carbocycles. The first kappa shape index (κ1) is 22.3. The molecule has 4 heterocycles. The number of pyridine rings is 1. The Bertz CT molecular complexity index is 1330. The van der Waals surface area contributed by atoms with Gasteiger partial charge < -0.3 is 4.74 Å². The molecule has 0 bridgehead atoms. The first-order chi connectivity index (χ1) is 16.0. The predicted octanol–water partition coefficient (Wildman–Crippen LogP) is 4.53. The molecule has 1 amide bonds. The first-order valence-electron chi connectivity index (χ1n) is 10.6. The number of carbonyl (C=O) groups is 1. The second-order valence-corrected chi connectivity index (χ2v) is 10.7. The van der Waals surface area contributed by atoms with Gasteiger partial charge in [-0.3, -0.25) is 18.9 Å². The molecule has 0 spiro atoms. The van der Waals surface area contributed by atoms with Crippen LogP contribution >= 0.6 is 35.7 Å². The van der Waals surface area contributed by atoms with Gasteiger partial charge >= 0.3 is 0 Å². The SMILES string of the molecule is Cc1ccc2nc(Sc3ccccc3)c(/C=C3\SC(=S)N(C[C@H]4CCCO4)C3=O)c(=O)n2c1. The minimum Gasteiger partial charge on any atom is -0.376 e. The van der Waals surface area contributed by atoms with E-state index in [4.69, 9.17) is 21.9 Å². The van der Waals surface area contributed by atoms with Gasteiger partial charge in [-0.2, -0.15) is 0 Å². The number of fused-ring (bicyclic) bond motifs is 1. The Labute approximate surface area is 205 Å². The molecule has 1 atom stereocenters. The van der Waals surface area contributed by atoms with Crippen LogP contribution in [0.1, 0.15) is 24.0 Å². The Hall–Kier alpha value is -2.46. The highest BCUT2D eigenvalue weighted by Crippen LogP contribution is 2.35. The van der Waals surface area contributed by atoms with E-state index in [0.717, 1.165) is 23.3 Å². The van der Waals surface area contributed by atoms with Crippen molar-refractivity contribution in [1.82, 2.24) is 14.3 Å². The number of thioether (sulfide) groups is 1. The molecule has 1 aromatic carbocycles. The van der Waals surface area contributed by atoms with Crippen LogP contribution in [0.25, 0.3) is 11.7 Å². The summed E-state index contributed by atoms with van der Waals surface area (Å²) in [6, 6.07) is 13.5. The number of aryl methyl sites for hydroxylation is 1. The smallest absolute Gasteiger partial charge is 0.266 e. The molecule has 0 radical (unpaired) electrons. The number of hydrogen-bond donors (Lipinski definition) is 0. The van der Waals surface area contributed by atoms with E-state index in [2.05, 4.69) is 0 Å². The van der Waals surface area contributed by atoms with Crippen LogP contribution in [0.4, 0.5) is 0 Å². The van der Waals surface area contributed by atoms with Gasteiger partial charge in [-0.25, -0.2) is 4.98 Å². The zero-order valence-electron chi connectivity index (χ0n) is 17.9. The number of carbonyl (C=O) groups excluding carboxylic acids is 1. The fourth-order valence-electron chi connectivity index (χ4n) is 3.82. The van der Waals surface area contributed by atoms with E-state index in [1.807, 2.05) is 49.4 Å². The highest BCUT2D eigenvalue weighted by Gasteiger charge is 2.35. The maximum Gasteiger partial charge on any atom is 0.266 e. The molecule has 33 heavy (non-hydrogen) atoms. The Balaban J connectivity index is 1.57. The number of hydrogen-bond acceptors (Lipinski definition) is 7. The molecule has 0 unspecified atom stereocenters. The van der Waals surface area contributed by atoms with Crippen molar-refractivity contribution in [2.45, 2.75) is 35.8 Å². The normalized spacial score (nSPS) is 19.8. The number of rotatable bonds is 5. The van der Waals surface area contributed by atoms with E-state index < -0.39 is 0 Å². The Kier molecular flexibility index (Phi) is 6.38. The molecule has 3 aromatic rings. The van der Waals surface area contributed by atoms with Gasteiger partial charge in [0.05, 0.1) is 23.1 Å². The van der Waals surface area contributed by atoms with Crippen molar-refractivity contribution in [3.05, 3.63) is 75.0 Å². The van der Waals surface area contributed by atoms with Gasteiger partial charge in [0.2, 0.25) is 0 Å². The lowest BCUT2D eigenvalue weighted by Gasteiger charge is -2.18. The Morgan fingerprint density at radius 1 is 1.24 bits per heavy atom. The first-order valence-corrected chi connectivity index (χ1v) is 12.7. The molecule has 0 N–H and O–H groups in total. The van der Waals surface area contributed by atoms with Crippen molar-refractivity contribution in [3.63, 3.8) is 0 Å². The van der Waals surface area contributed by atoms with Gasteiger partial charge in [0.25, 0.3) is 11.5 Å². The number of amides is 1. The number of aromatic nitrogens is 2. The van der Waals surface area contributed by atoms with Crippen LogP contribution in [0.5, 0.6) is 0 Å². The summed E-state index contributed by atoms with van der Waals surface area (Å²) in [6.45, 7) is 3.09. The molecular weight excluding hydrogens is 474 g/mol. The maximum absolute atomic E-state index is 13.5. The minimum absolute atomic E-state index is 0.00647. The highest BCUT2D eigenvalue weighted by atomic mass is 32.2. The zero-order chi connectivity index (χ0) is 22.9. The third kappa shape index (κ3) is 4.63. The summed E-state index contributed by atoms with van der Waals surface area (Å²) in [4.78, 5) is 34.4. The van der Waals surface area contributed by atoms with Crippen LogP contribution < -0.4 is 5.56 Å². The lowest BCUT2D eigenvalue weighted by Crippen LogP contribution is -2.35. The summed E-state index contributed by atoms with van der Waals surface area (Å²) < 4.78 is 7.70. The second-order valence-electron chi connectivity index (χ2n) is 7.91. The average Bonchev–Trinajstić information content (AvgIpc) is 3.42. The Morgan fingerprint density at radius 3 is 2.82 bits per heavy atom. The van der Waals surface area contributed by atoms with Crippen LogP contribution in [0.2, 0.25) is 0 Å². The van der Waals surface area contributed by atoms with E-state index in [-0.39, 0.29) is 17.6 Å². The van der Waals surface area contributed by atoms with E-state index in [9.17, 15) is 9.59 Å². The summed E-state index contributed by atoms with van der Waals surface area (Å²) >= 11 is 8.10. The zero-order valence-corrected chi connectivity index (χ0v) is 20.3. The van der Waals surface area contributed by atoms with Crippen LogP contribution in [-0.2, 0) is 9.53 Å². The standard InChI is InChI=1S/C24H21N3O3S3/c1-15-9-10-20-25-21(32-17-7-3-2-4-8-17)18(22(28)26(20)13-15)12-19-23(29)27(24(31)33-19)14-16-6-5-11-30-16/h2-4,7-10,12-13,16H,5-6,11,14H2,1H3/b19-12-/t16-/m1/s1. The summed E-state index contributed by atoms with van der Waals surface area (Å²) in [5.41, 5.74) is 1.67.